The van der Waals surface area contributed by atoms with E-state index in [9.17, 15) is 34.4 Å². The molecule has 12 nitrogen and oxygen atoms in total. The molecule has 2 aromatic carbocycles. The van der Waals surface area contributed by atoms with Crippen LogP contribution in [0.1, 0.15) is 19.4 Å². The van der Waals surface area contributed by atoms with Crippen LogP contribution in [0.3, 0.4) is 0 Å². The van der Waals surface area contributed by atoms with E-state index in [0.29, 0.717) is 10.5 Å². The van der Waals surface area contributed by atoms with Gasteiger partial charge in [0.15, 0.2) is 11.5 Å². The molecule has 0 atom stereocenters. The van der Waals surface area contributed by atoms with Crippen LogP contribution >= 0.6 is 11.6 Å². The Morgan fingerprint density at radius 2 is 1.58 bits per heavy atom. The number of amides is 1. The Labute approximate surface area is 191 Å². The molecular formula is C20H17ClN2O10. The first kappa shape index (κ1) is 25.1. The van der Waals surface area contributed by atoms with Crippen LogP contribution in [0.15, 0.2) is 36.4 Å². The summed E-state index contributed by atoms with van der Waals surface area (Å²) >= 11 is 6.17. The summed E-state index contributed by atoms with van der Waals surface area (Å²) in [6, 6.07) is 7.30. The highest BCUT2D eigenvalue weighted by Crippen LogP contribution is 2.39. The highest BCUT2D eigenvalue weighted by Gasteiger charge is 2.26. The first-order valence-corrected chi connectivity index (χ1v) is 9.45. The predicted octanol–water partition coefficient (Wildman–Crippen LogP) is 3.33. The smallest absolute Gasteiger partial charge is 0.415 e. The Morgan fingerprint density at radius 1 is 1.03 bits per heavy atom. The molecule has 0 aliphatic rings. The van der Waals surface area contributed by atoms with Gasteiger partial charge in [-0.25, -0.2) is 4.79 Å². The van der Waals surface area contributed by atoms with Crippen molar-refractivity contribution in [3.63, 3.8) is 0 Å². The van der Waals surface area contributed by atoms with Gasteiger partial charge < -0.3 is 19.3 Å². The molecule has 0 saturated heterocycles. The summed E-state index contributed by atoms with van der Waals surface area (Å²) in [5, 5.41) is 19.8. The summed E-state index contributed by atoms with van der Waals surface area (Å²) in [7, 11) is 0. The lowest BCUT2D eigenvalue weighted by Gasteiger charge is -2.23. The van der Waals surface area contributed by atoms with Crippen LogP contribution in [0.5, 0.6) is 11.5 Å². The van der Waals surface area contributed by atoms with Crippen LogP contribution in [0.4, 0.5) is 16.2 Å². The molecule has 0 heterocycles. The normalized spacial score (nSPS) is 10.2. The fourth-order valence-electron chi connectivity index (χ4n) is 2.52. The molecule has 1 amide bonds. The highest BCUT2D eigenvalue weighted by molar-refractivity contribution is 6.34. The topological polar surface area (TPSA) is 163 Å². The van der Waals surface area contributed by atoms with E-state index >= 15 is 0 Å². The number of ether oxygens (including phenoxy) is 3. The van der Waals surface area contributed by atoms with Crippen LogP contribution in [0.2, 0.25) is 5.02 Å². The Morgan fingerprint density at radius 3 is 2.06 bits per heavy atom. The van der Waals surface area contributed by atoms with Gasteiger partial charge in [-0.1, -0.05) is 11.6 Å². The van der Waals surface area contributed by atoms with Gasteiger partial charge in [0.05, 0.1) is 15.6 Å². The molecule has 2 rings (SSSR count). The van der Waals surface area contributed by atoms with Gasteiger partial charge in [0.2, 0.25) is 0 Å². The number of rotatable bonds is 8. The Hall–Kier alpha value is -4.19. The molecule has 0 aliphatic carbocycles. The van der Waals surface area contributed by atoms with Crippen molar-refractivity contribution in [2.24, 2.45) is 0 Å². The number of carboxylic acid groups (broad SMARTS) is 1. The van der Waals surface area contributed by atoms with Gasteiger partial charge in [-0.2, -0.15) is 0 Å². The lowest BCUT2D eigenvalue weighted by Crippen LogP contribution is -2.36. The maximum atomic E-state index is 12.7. The van der Waals surface area contributed by atoms with E-state index < -0.39 is 35.5 Å². The number of anilines is 1. The van der Waals surface area contributed by atoms with Crippen molar-refractivity contribution < 1.29 is 43.4 Å². The zero-order valence-electron chi connectivity index (χ0n) is 17.3. The van der Waals surface area contributed by atoms with Crippen molar-refractivity contribution in [3.8, 4) is 11.5 Å². The van der Waals surface area contributed by atoms with Crippen molar-refractivity contribution in [1.82, 2.24) is 0 Å². The molecule has 0 aromatic heterocycles. The van der Waals surface area contributed by atoms with Gasteiger partial charge in [-0.15, -0.1) is 0 Å². The number of nitro groups is 1. The summed E-state index contributed by atoms with van der Waals surface area (Å²) in [6.45, 7) is 0.989. The molecule has 0 unspecified atom stereocenters. The van der Waals surface area contributed by atoms with Crippen molar-refractivity contribution >= 4 is 47.0 Å². The largest absolute Gasteiger partial charge is 0.480 e. The summed E-state index contributed by atoms with van der Waals surface area (Å²) in [5.41, 5.74) is 0.0521. The van der Waals surface area contributed by atoms with Crippen LogP contribution in [-0.2, 0) is 25.7 Å². The summed E-state index contributed by atoms with van der Waals surface area (Å²) in [5.74, 6) is -3.42. The van der Waals surface area contributed by atoms with Crippen LogP contribution in [0.25, 0.3) is 0 Å². The Kier molecular flexibility index (Phi) is 8.29. The van der Waals surface area contributed by atoms with Gasteiger partial charge in [0.25, 0.3) is 5.69 Å². The van der Waals surface area contributed by atoms with Gasteiger partial charge in [-0.3, -0.25) is 29.4 Å². The van der Waals surface area contributed by atoms with Crippen LogP contribution in [-0.4, -0.2) is 40.6 Å². The van der Waals surface area contributed by atoms with Crippen molar-refractivity contribution in [1.29, 1.82) is 0 Å². The minimum atomic E-state index is -1.41. The molecule has 0 saturated carbocycles. The number of hydrogen-bond donors (Lipinski definition) is 1. The fourth-order valence-corrected chi connectivity index (χ4v) is 2.78. The Balaban J connectivity index is 2.34. The van der Waals surface area contributed by atoms with Crippen molar-refractivity contribution in [2.75, 3.05) is 11.4 Å². The van der Waals surface area contributed by atoms with E-state index in [1.807, 2.05) is 0 Å². The quantitative estimate of drug-likeness (QED) is 0.256. The standard InChI is InChI=1S/C20H17ClN2O10/c1-11(24)32-17-7-15(21)16(8-18(17)33-12(2)25)22(9-19(26)27)20(28)31-10-13-3-5-14(6-4-13)23(29)30/h3-8H,9-10H2,1-2H3,(H,26,27). The summed E-state index contributed by atoms with van der Waals surface area (Å²) in [6.07, 6.45) is -1.12. The lowest BCUT2D eigenvalue weighted by atomic mass is 10.2. The second kappa shape index (κ2) is 10.9. The number of nitro benzene ring substituents is 1. The molecule has 13 heteroatoms. The monoisotopic (exact) mass is 480 g/mol. The van der Waals surface area contributed by atoms with E-state index in [-0.39, 0.29) is 34.5 Å². The average molecular weight is 481 g/mol. The van der Waals surface area contributed by atoms with Gasteiger partial charge >= 0.3 is 24.0 Å². The number of carboxylic acids is 1. The summed E-state index contributed by atoms with van der Waals surface area (Å²) in [4.78, 5) is 57.5. The number of aliphatic carboxylic acids is 1. The zero-order chi connectivity index (χ0) is 24.7. The third-order valence-electron chi connectivity index (χ3n) is 3.83. The Bertz CT molecular complexity index is 1100. The molecule has 0 radical (unpaired) electrons. The molecule has 0 bridgehead atoms. The molecule has 33 heavy (non-hydrogen) atoms. The van der Waals surface area contributed by atoms with E-state index in [1.165, 1.54) is 24.3 Å². The maximum absolute atomic E-state index is 12.7. The minimum absolute atomic E-state index is 0.157. The molecule has 0 fully saturated rings. The van der Waals surface area contributed by atoms with Crippen LogP contribution < -0.4 is 14.4 Å². The second-order valence-corrected chi connectivity index (χ2v) is 6.80. The van der Waals surface area contributed by atoms with E-state index in [1.54, 1.807) is 0 Å². The molecule has 174 valence electrons. The molecular weight excluding hydrogens is 464 g/mol. The van der Waals surface area contributed by atoms with Gasteiger partial charge in [0, 0.05) is 38.1 Å². The second-order valence-electron chi connectivity index (χ2n) is 6.40. The van der Waals surface area contributed by atoms with E-state index in [4.69, 9.17) is 25.8 Å². The predicted molar refractivity (Wildman–Crippen MR) is 112 cm³/mol. The number of hydrogen-bond acceptors (Lipinski definition) is 9. The number of nitrogens with zero attached hydrogens (tertiary/aromatic N) is 2. The number of halogens is 1. The molecule has 1 N–H and O–H groups in total. The molecule has 0 spiro atoms. The van der Waals surface area contributed by atoms with Crippen molar-refractivity contribution in [3.05, 3.63) is 57.1 Å². The SMILES string of the molecule is CC(=O)Oc1cc(Cl)c(N(CC(=O)O)C(=O)OCc2ccc([N+](=O)[O-])cc2)cc1OC(C)=O. The minimum Gasteiger partial charge on any atom is -0.480 e. The summed E-state index contributed by atoms with van der Waals surface area (Å²) < 4.78 is 15.0. The van der Waals surface area contributed by atoms with Crippen LogP contribution in [0, 0.1) is 10.1 Å². The highest BCUT2D eigenvalue weighted by atomic mass is 35.5. The van der Waals surface area contributed by atoms with Gasteiger partial charge in [-0.05, 0) is 17.7 Å². The lowest BCUT2D eigenvalue weighted by molar-refractivity contribution is -0.384. The number of esters is 2. The van der Waals surface area contributed by atoms with Crippen molar-refractivity contribution in [2.45, 2.75) is 20.5 Å². The zero-order valence-corrected chi connectivity index (χ0v) is 18.0. The molecule has 2 aromatic rings. The third-order valence-corrected chi connectivity index (χ3v) is 4.14. The van der Waals surface area contributed by atoms with E-state index in [0.717, 1.165) is 26.0 Å². The number of non-ortho nitro benzene ring substituents is 1. The maximum Gasteiger partial charge on any atom is 0.415 e. The first-order chi connectivity index (χ1) is 15.5. The fraction of sp³-hybridized carbons (Fsp3) is 0.200. The number of benzene rings is 2. The third kappa shape index (κ3) is 7.18. The van der Waals surface area contributed by atoms with Gasteiger partial charge in [0.1, 0.15) is 13.2 Å². The number of carbonyl (C=O) groups is 4. The number of carbonyl (C=O) groups excluding carboxylic acids is 3. The molecule has 0 aliphatic heterocycles. The van der Waals surface area contributed by atoms with E-state index in [2.05, 4.69) is 0 Å². The first-order valence-electron chi connectivity index (χ1n) is 9.07. The average Bonchev–Trinajstić information content (AvgIpc) is 2.71.